The van der Waals surface area contributed by atoms with E-state index in [1.165, 1.54) is 12.1 Å². The summed E-state index contributed by atoms with van der Waals surface area (Å²) in [6.07, 6.45) is 3.31. The molecular weight excluding hydrogens is 446 g/mol. The van der Waals surface area contributed by atoms with E-state index >= 15 is 0 Å². The number of nitro benzene ring substituents is 1. The fourth-order valence-corrected chi connectivity index (χ4v) is 3.98. The minimum absolute atomic E-state index is 0. The highest BCUT2D eigenvalue weighted by Gasteiger charge is 2.27. The lowest BCUT2D eigenvalue weighted by Gasteiger charge is -2.24. The molecule has 174 valence electrons. The van der Waals surface area contributed by atoms with Crippen LogP contribution in [0.15, 0.2) is 54.7 Å². The summed E-state index contributed by atoms with van der Waals surface area (Å²) >= 11 is 0. The molecule has 1 fully saturated rings. The number of ether oxygens (including phenoxy) is 1. The second kappa shape index (κ2) is 10.9. The molecule has 0 unspecified atom stereocenters. The van der Waals surface area contributed by atoms with Crippen LogP contribution in [0.5, 0.6) is 5.75 Å². The normalized spacial score (nSPS) is 13.7. The van der Waals surface area contributed by atoms with Crippen molar-refractivity contribution < 1.29 is 14.5 Å². The topological polar surface area (TPSA) is 111 Å². The fourth-order valence-electron chi connectivity index (χ4n) is 3.98. The molecule has 0 radical (unpaired) electrons. The monoisotopic (exact) mass is 471 g/mol. The van der Waals surface area contributed by atoms with Gasteiger partial charge in [0.05, 0.1) is 40.4 Å². The molecule has 0 spiro atoms. The first-order chi connectivity index (χ1) is 15.6. The zero-order valence-electron chi connectivity index (χ0n) is 18.2. The molecule has 2 heterocycles. The summed E-state index contributed by atoms with van der Waals surface area (Å²) < 4.78 is 7.35. The molecule has 0 aliphatic carbocycles. The Morgan fingerprint density at radius 1 is 1.21 bits per heavy atom. The Morgan fingerprint density at radius 3 is 2.58 bits per heavy atom. The van der Waals surface area contributed by atoms with Crippen molar-refractivity contribution in [1.29, 1.82) is 0 Å². The number of piperidine rings is 1. The van der Waals surface area contributed by atoms with Crippen molar-refractivity contribution in [3.63, 3.8) is 0 Å². The molecule has 10 heteroatoms. The molecule has 33 heavy (non-hydrogen) atoms. The molecule has 1 aliphatic heterocycles. The van der Waals surface area contributed by atoms with Crippen LogP contribution in [0, 0.1) is 10.1 Å². The van der Waals surface area contributed by atoms with E-state index in [0.717, 1.165) is 31.6 Å². The zero-order valence-corrected chi connectivity index (χ0v) is 19.0. The molecule has 2 N–H and O–H groups in total. The summed E-state index contributed by atoms with van der Waals surface area (Å²) in [5.41, 5.74) is 2.58. The maximum Gasteiger partial charge on any atom is 0.269 e. The SMILES string of the molecule is CCOc1ccccc1NC(=O)c1cnn(-c2ccc([N+](=O)[O-])cc2)c1C1CCNCC1.Cl. The van der Waals surface area contributed by atoms with Gasteiger partial charge in [0.1, 0.15) is 5.75 Å². The van der Waals surface area contributed by atoms with Crippen LogP contribution in [0.4, 0.5) is 11.4 Å². The summed E-state index contributed by atoms with van der Waals surface area (Å²) in [6.45, 7) is 4.09. The second-order valence-electron chi connectivity index (χ2n) is 7.54. The number of aromatic nitrogens is 2. The summed E-state index contributed by atoms with van der Waals surface area (Å²) in [6, 6.07) is 13.5. The first kappa shape index (κ1) is 24.2. The van der Waals surface area contributed by atoms with Crippen molar-refractivity contribution in [3.8, 4) is 11.4 Å². The predicted octanol–water partition coefficient (Wildman–Crippen LogP) is 4.32. The van der Waals surface area contributed by atoms with Crippen molar-refractivity contribution in [1.82, 2.24) is 15.1 Å². The molecule has 2 aromatic carbocycles. The van der Waals surface area contributed by atoms with Crippen molar-refractivity contribution >= 4 is 29.7 Å². The largest absolute Gasteiger partial charge is 0.492 e. The summed E-state index contributed by atoms with van der Waals surface area (Å²) in [5, 5.41) is 21.8. The summed E-state index contributed by atoms with van der Waals surface area (Å²) in [7, 11) is 0. The quantitative estimate of drug-likeness (QED) is 0.392. The Kier molecular flexibility index (Phi) is 8.02. The van der Waals surface area contributed by atoms with Crippen LogP contribution in [0.3, 0.4) is 0 Å². The number of hydrogen-bond donors (Lipinski definition) is 2. The Hall–Kier alpha value is -3.43. The maximum absolute atomic E-state index is 13.3. The number of nitrogens with one attached hydrogen (secondary N) is 2. The Morgan fingerprint density at radius 2 is 1.91 bits per heavy atom. The number of carbonyl (C=O) groups excluding carboxylic acids is 1. The molecule has 0 atom stereocenters. The number of halogens is 1. The molecule has 1 saturated heterocycles. The van der Waals surface area contributed by atoms with Crippen LogP contribution < -0.4 is 15.4 Å². The van der Waals surface area contributed by atoms with Crippen LogP contribution in [0.25, 0.3) is 5.69 Å². The van der Waals surface area contributed by atoms with Gasteiger partial charge in [-0.1, -0.05) is 12.1 Å². The molecule has 0 saturated carbocycles. The third-order valence-corrected chi connectivity index (χ3v) is 5.52. The molecule has 0 bridgehead atoms. The van der Waals surface area contributed by atoms with Gasteiger partial charge in [-0.25, -0.2) is 4.68 Å². The fraction of sp³-hybridized carbons (Fsp3) is 0.304. The lowest BCUT2D eigenvalue weighted by Crippen LogP contribution is -2.29. The highest BCUT2D eigenvalue weighted by molar-refractivity contribution is 6.05. The van der Waals surface area contributed by atoms with E-state index in [1.807, 2.05) is 25.1 Å². The number of anilines is 1. The van der Waals surface area contributed by atoms with E-state index in [9.17, 15) is 14.9 Å². The smallest absolute Gasteiger partial charge is 0.269 e. The number of para-hydroxylation sites is 2. The van der Waals surface area contributed by atoms with Gasteiger partial charge in [0.25, 0.3) is 11.6 Å². The van der Waals surface area contributed by atoms with Crippen molar-refractivity contribution in [2.75, 3.05) is 25.0 Å². The standard InChI is InChI=1S/C23H25N5O4.ClH/c1-2-32-21-6-4-3-5-20(21)26-23(29)19-15-25-27(22(19)16-11-13-24-14-12-16)17-7-9-18(10-8-17)28(30)31;/h3-10,15-16,24H,2,11-14H2,1H3,(H,26,29);1H. The van der Waals surface area contributed by atoms with Gasteiger partial charge in [0.15, 0.2) is 0 Å². The van der Waals surface area contributed by atoms with Gasteiger partial charge in [0, 0.05) is 18.1 Å². The summed E-state index contributed by atoms with van der Waals surface area (Å²) in [4.78, 5) is 23.9. The first-order valence-electron chi connectivity index (χ1n) is 10.6. The maximum atomic E-state index is 13.3. The highest BCUT2D eigenvalue weighted by atomic mass is 35.5. The van der Waals surface area contributed by atoms with E-state index < -0.39 is 4.92 Å². The molecule has 1 aromatic heterocycles. The van der Waals surface area contributed by atoms with E-state index in [0.29, 0.717) is 29.3 Å². The van der Waals surface area contributed by atoms with Crippen molar-refractivity contribution in [2.24, 2.45) is 0 Å². The Bertz CT molecular complexity index is 1110. The number of non-ortho nitro benzene ring substituents is 1. The van der Waals surface area contributed by atoms with Crippen LogP contribution in [0.2, 0.25) is 0 Å². The second-order valence-corrected chi connectivity index (χ2v) is 7.54. The minimum atomic E-state index is -0.435. The van der Waals surface area contributed by atoms with Gasteiger partial charge in [0.2, 0.25) is 0 Å². The van der Waals surface area contributed by atoms with Gasteiger partial charge in [-0.05, 0) is 57.1 Å². The van der Waals surface area contributed by atoms with Crippen LogP contribution in [-0.2, 0) is 0 Å². The van der Waals surface area contributed by atoms with Crippen molar-refractivity contribution in [2.45, 2.75) is 25.7 Å². The van der Waals surface area contributed by atoms with Gasteiger partial charge >= 0.3 is 0 Å². The molecule has 1 aliphatic rings. The van der Waals surface area contributed by atoms with Gasteiger partial charge in [-0.15, -0.1) is 12.4 Å². The van der Waals surface area contributed by atoms with Crippen LogP contribution >= 0.6 is 12.4 Å². The number of amides is 1. The molecule has 9 nitrogen and oxygen atoms in total. The number of nitrogens with zero attached hydrogens (tertiary/aromatic N) is 3. The highest BCUT2D eigenvalue weighted by Crippen LogP contribution is 2.32. The molecule has 4 rings (SSSR count). The van der Waals surface area contributed by atoms with E-state index in [2.05, 4.69) is 15.7 Å². The number of carbonyl (C=O) groups is 1. The minimum Gasteiger partial charge on any atom is -0.492 e. The number of nitro groups is 1. The number of hydrogen-bond acceptors (Lipinski definition) is 6. The van der Waals surface area contributed by atoms with E-state index in [-0.39, 0.29) is 29.9 Å². The predicted molar refractivity (Wildman–Crippen MR) is 128 cm³/mol. The van der Waals surface area contributed by atoms with E-state index in [1.54, 1.807) is 29.1 Å². The average molecular weight is 472 g/mol. The number of benzene rings is 2. The Labute approximate surface area is 197 Å². The molecular formula is C23H26ClN5O4. The van der Waals surface area contributed by atoms with Gasteiger partial charge in [-0.3, -0.25) is 14.9 Å². The van der Waals surface area contributed by atoms with Crippen LogP contribution in [-0.4, -0.2) is 40.3 Å². The average Bonchev–Trinajstić information content (AvgIpc) is 3.26. The molecule has 1 amide bonds. The number of rotatable bonds is 7. The zero-order chi connectivity index (χ0) is 22.5. The molecule has 3 aromatic rings. The lowest BCUT2D eigenvalue weighted by molar-refractivity contribution is -0.384. The third kappa shape index (κ3) is 5.32. The van der Waals surface area contributed by atoms with Gasteiger partial charge in [-0.2, -0.15) is 5.10 Å². The third-order valence-electron chi connectivity index (χ3n) is 5.52. The van der Waals surface area contributed by atoms with Gasteiger partial charge < -0.3 is 15.4 Å². The van der Waals surface area contributed by atoms with Crippen molar-refractivity contribution in [3.05, 3.63) is 76.1 Å². The summed E-state index contributed by atoms with van der Waals surface area (Å²) in [5.74, 6) is 0.477. The van der Waals surface area contributed by atoms with Crippen LogP contribution in [0.1, 0.15) is 41.7 Å². The first-order valence-corrected chi connectivity index (χ1v) is 10.6. The van der Waals surface area contributed by atoms with E-state index in [4.69, 9.17) is 4.74 Å². The lowest BCUT2D eigenvalue weighted by atomic mass is 9.91. The Balaban J connectivity index is 0.00000306.